The zero-order chi connectivity index (χ0) is 15.6. The van der Waals surface area contributed by atoms with Crippen molar-refractivity contribution < 1.29 is 4.79 Å². The molecule has 3 nitrogen and oxygen atoms in total. The maximum absolute atomic E-state index is 13.0. The minimum absolute atomic E-state index is 0.202. The molecule has 23 heavy (non-hydrogen) atoms. The normalized spacial score (nSPS) is 23.7. The molecule has 4 heteroatoms. The summed E-state index contributed by atoms with van der Waals surface area (Å²) in [5, 5.41) is 3.12. The number of amides is 1. The number of hydrogen-bond acceptors (Lipinski definition) is 3. The fraction of sp³-hybridized carbons (Fsp3) is 0.474. The van der Waals surface area contributed by atoms with Crippen molar-refractivity contribution in [1.29, 1.82) is 0 Å². The van der Waals surface area contributed by atoms with Crippen LogP contribution < -0.4 is 0 Å². The van der Waals surface area contributed by atoms with Gasteiger partial charge in [-0.1, -0.05) is 24.3 Å². The lowest BCUT2D eigenvalue weighted by Crippen LogP contribution is -2.39. The smallest absolute Gasteiger partial charge is 0.223 e. The lowest BCUT2D eigenvalue weighted by atomic mass is 9.95. The van der Waals surface area contributed by atoms with Crippen molar-refractivity contribution in [3.63, 3.8) is 0 Å². The van der Waals surface area contributed by atoms with E-state index in [1.165, 1.54) is 17.5 Å². The number of carbonyl (C=O) groups is 1. The molecular weight excluding hydrogens is 304 g/mol. The second kappa shape index (κ2) is 6.44. The Morgan fingerprint density at radius 2 is 2.17 bits per heavy atom. The van der Waals surface area contributed by atoms with Crippen LogP contribution in [-0.2, 0) is 11.2 Å². The van der Waals surface area contributed by atoms with Crippen LogP contribution in [0.5, 0.6) is 0 Å². The molecule has 4 rings (SSSR count). The second-order valence-corrected chi connectivity index (χ2v) is 7.53. The number of fused-ring (bicyclic) bond motifs is 1. The number of piperidine rings is 1. The van der Waals surface area contributed by atoms with Crippen LogP contribution in [0.15, 0.2) is 35.8 Å². The minimum atomic E-state index is 0.202. The molecular formula is C19H22N2OS. The van der Waals surface area contributed by atoms with E-state index in [0.717, 1.165) is 37.2 Å². The van der Waals surface area contributed by atoms with E-state index >= 15 is 0 Å². The molecule has 2 unspecified atom stereocenters. The molecule has 1 aromatic heterocycles. The van der Waals surface area contributed by atoms with E-state index < -0.39 is 0 Å². The molecule has 1 aliphatic carbocycles. The lowest BCUT2D eigenvalue weighted by molar-refractivity contribution is -0.135. The number of aromatic nitrogens is 1. The van der Waals surface area contributed by atoms with Crippen molar-refractivity contribution in [2.75, 3.05) is 6.54 Å². The van der Waals surface area contributed by atoms with Crippen molar-refractivity contribution in [2.45, 2.75) is 50.5 Å². The van der Waals surface area contributed by atoms with Crippen LogP contribution in [0.2, 0.25) is 0 Å². The summed E-state index contributed by atoms with van der Waals surface area (Å²) < 4.78 is 0. The van der Waals surface area contributed by atoms with E-state index in [2.05, 4.69) is 34.1 Å². The molecule has 1 fully saturated rings. The SMILES string of the molecule is O=C(CC1CCc2ccccc21)N1CCCCC1c1nccs1. The number of hydrogen-bond donors (Lipinski definition) is 0. The van der Waals surface area contributed by atoms with Crippen LogP contribution in [0.4, 0.5) is 0 Å². The summed E-state index contributed by atoms with van der Waals surface area (Å²) in [7, 11) is 0. The fourth-order valence-electron chi connectivity index (χ4n) is 4.07. The first-order chi connectivity index (χ1) is 11.3. The van der Waals surface area contributed by atoms with Gasteiger partial charge in [0.25, 0.3) is 0 Å². The molecule has 0 N–H and O–H groups in total. The largest absolute Gasteiger partial charge is 0.333 e. The number of carbonyl (C=O) groups excluding carboxylic acids is 1. The Labute approximate surface area is 141 Å². The number of rotatable bonds is 3. The van der Waals surface area contributed by atoms with Crippen molar-refractivity contribution in [1.82, 2.24) is 9.88 Å². The second-order valence-electron chi connectivity index (χ2n) is 6.61. The Bertz CT molecular complexity index is 682. The summed E-state index contributed by atoms with van der Waals surface area (Å²) >= 11 is 1.68. The van der Waals surface area contributed by atoms with Crippen molar-refractivity contribution >= 4 is 17.2 Å². The molecule has 2 heterocycles. The molecule has 1 aliphatic heterocycles. The van der Waals surface area contributed by atoms with Gasteiger partial charge in [-0.2, -0.15) is 0 Å². The van der Waals surface area contributed by atoms with E-state index in [9.17, 15) is 4.79 Å². The highest BCUT2D eigenvalue weighted by molar-refractivity contribution is 7.09. The van der Waals surface area contributed by atoms with Crippen LogP contribution in [0.25, 0.3) is 0 Å². The number of nitrogens with zero attached hydrogens (tertiary/aromatic N) is 2. The molecule has 2 atom stereocenters. The molecule has 0 saturated carbocycles. The number of thiazole rings is 1. The van der Waals surface area contributed by atoms with Crippen LogP contribution in [0.1, 0.15) is 60.2 Å². The summed E-state index contributed by atoms with van der Waals surface area (Å²) in [5.41, 5.74) is 2.82. The highest BCUT2D eigenvalue weighted by atomic mass is 32.1. The van der Waals surface area contributed by atoms with Gasteiger partial charge in [0.05, 0.1) is 6.04 Å². The van der Waals surface area contributed by atoms with Crippen molar-refractivity contribution in [3.8, 4) is 0 Å². The Morgan fingerprint density at radius 1 is 1.26 bits per heavy atom. The maximum atomic E-state index is 13.0. The molecule has 2 aromatic rings. The van der Waals surface area contributed by atoms with Gasteiger partial charge in [0.2, 0.25) is 5.91 Å². The topological polar surface area (TPSA) is 33.2 Å². The predicted molar refractivity (Wildman–Crippen MR) is 92.5 cm³/mol. The first-order valence-electron chi connectivity index (χ1n) is 8.59. The number of likely N-dealkylation sites (tertiary alicyclic amines) is 1. The first kappa shape index (κ1) is 14.9. The van der Waals surface area contributed by atoms with Crippen LogP contribution in [-0.4, -0.2) is 22.3 Å². The third kappa shape index (κ3) is 2.92. The van der Waals surface area contributed by atoms with E-state index in [-0.39, 0.29) is 6.04 Å². The molecule has 120 valence electrons. The van der Waals surface area contributed by atoms with Crippen LogP contribution >= 0.6 is 11.3 Å². The number of aryl methyl sites for hydroxylation is 1. The summed E-state index contributed by atoms with van der Waals surface area (Å²) in [5.74, 6) is 0.712. The monoisotopic (exact) mass is 326 g/mol. The van der Waals surface area contributed by atoms with E-state index in [4.69, 9.17) is 0 Å². The third-order valence-electron chi connectivity index (χ3n) is 5.24. The zero-order valence-corrected chi connectivity index (χ0v) is 14.1. The van der Waals surface area contributed by atoms with Gasteiger partial charge in [-0.3, -0.25) is 4.79 Å². The molecule has 1 amide bonds. The summed E-state index contributed by atoms with van der Waals surface area (Å²) in [6.45, 7) is 0.886. The fourth-order valence-corrected chi connectivity index (χ4v) is 4.86. The average Bonchev–Trinajstić information content (AvgIpc) is 3.25. The molecule has 1 aromatic carbocycles. The molecule has 1 saturated heterocycles. The molecule has 2 aliphatic rings. The lowest BCUT2D eigenvalue weighted by Gasteiger charge is -2.35. The van der Waals surface area contributed by atoms with Gasteiger partial charge in [-0.05, 0) is 49.1 Å². The van der Waals surface area contributed by atoms with Gasteiger partial charge in [0.15, 0.2) is 0 Å². The predicted octanol–water partition coefficient (Wildman–Crippen LogP) is 4.32. The molecule has 0 radical (unpaired) electrons. The summed E-state index contributed by atoms with van der Waals surface area (Å²) in [6, 6.07) is 8.81. The van der Waals surface area contributed by atoms with Crippen LogP contribution in [0, 0.1) is 0 Å². The van der Waals surface area contributed by atoms with Gasteiger partial charge in [-0.15, -0.1) is 11.3 Å². The Morgan fingerprint density at radius 3 is 3.04 bits per heavy atom. The van der Waals surface area contributed by atoms with Gasteiger partial charge in [0.1, 0.15) is 5.01 Å². The van der Waals surface area contributed by atoms with E-state index in [0.29, 0.717) is 18.2 Å². The van der Waals surface area contributed by atoms with Gasteiger partial charge < -0.3 is 4.90 Å². The van der Waals surface area contributed by atoms with Gasteiger partial charge in [-0.25, -0.2) is 4.98 Å². The van der Waals surface area contributed by atoms with Gasteiger partial charge in [0, 0.05) is 24.5 Å². The van der Waals surface area contributed by atoms with Crippen molar-refractivity contribution in [2.24, 2.45) is 0 Å². The Hall–Kier alpha value is -1.68. The van der Waals surface area contributed by atoms with Gasteiger partial charge >= 0.3 is 0 Å². The standard InChI is InChI=1S/C19H22N2OS/c22-18(13-15-9-8-14-5-1-2-6-16(14)15)21-11-4-3-7-17(21)19-20-10-12-23-19/h1-2,5-6,10,12,15,17H,3-4,7-9,11,13H2. The minimum Gasteiger partial charge on any atom is -0.333 e. The Balaban J connectivity index is 1.50. The van der Waals surface area contributed by atoms with Crippen molar-refractivity contribution in [3.05, 3.63) is 52.0 Å². The highest BCUT2D eigenvalue weighted by Gasteiger charge is 2.32. The molecule has 0 spiro atoms. The quantitative estimate of drug-likeness (QED) is 0.842. The summed E-state index contributed by atoms with van der Waals surface area (Å²) in [4.78, 5) is 19.5. The summed E-state index contributed by atoms with van der Waals surface area (Å²) in [6.07, 6.45) is 8.10. The van der Waals surface area contributed by atoms with E-state index in [1.54, 1.807) is 11.3 Å². The number of benzene rings is 1. The van der Waals surface area contributed by atoms with Crippen LogP contribution in [0.3, 0.4) is 0 Å². The Kier molecular flexibility index (Phi) is 4.17. The average molecular weight is 326 g/mol. The molecule has 0 bridgehead atoms. The zero-order valence-electron chi connectivity index (χ0n) is 13.3. The third-order valence-corrected chi connectivity index (χ3v) is 6.11. The first-order valence-corrected chi connectivity index (χ1v) is 9.47. The highest BCUT2D eigenvalue weighted by Crippen LogP contribution is 2.38. The van der Waals surface area contributed by atoms with E-state index in [1.807, 2.05) is 11.6 Å². The maximum Gasteiger partial charge on any atom is 0.223 e.